The van der Waals surface area contributed by atoms with Gasteiger partial charge in [0.15, 0.2) is 0 Å². The Kier molecular flexibility index (Phi) is 15.7. The second-order valence-electron chi connectivity index (χ2n) is 6.12. The Balaban J connectivity index is 0.00000227. The average Bonchev–Trinajstić information content (AvgIpc) is 2.83. The predicted octanol–water partition coefficient (Wildman–Crippen LogP) is 6.26. The zero-order chi connectivity index (χ0) is 24.4. The lowest BCUT2D eigenvalue weighted by Gasteiger charge is -2.17. The van der Waals surface area contributed by atoms with E-state index in [0.717, 1.165) is 16.9 Å². The third-order valence-corrected chi connectivity index (χ3v) is 4.03. The zero-order valence-electron chi connectivity index (χ0n) is 20.6. The molecule has 0 aliphatic carbocycles. The maximum absolute atomic E-state index is 9.02. The molecule has 1 aromatic carbocycles. The number of benzene rings is 1. The number of aliphatic hydroxyl groups is 1. The topological polar surface area (TPSA) is 106 Å². The number of para-hydroxylation sites is 1. The van der Waals surface area contributed by atoms with Gasteiger partial charge in [-0.15, -0.1) is 0 Å². The highest BCUT2D eigenvalue weighted by Gasteiger charge is 2.14. The third kappa shape index (κ3) is 9.31. The number of aryl methyl sites for hydroxylation is 1. The number of allylic oxidation sites excluding steroid dienone is 3. The van der Waals surface area contributed by atoms with Crippen LogP contribution in [-0.2, 0) is 0 Å². The Labute approximate surface area is 193 Å². The predicted molar refractivity (Wildman–Crippen MR) is 139 cm³/mol. The summed E-state index contributed by atoms with van der Waals surface area (Å²) in [7, 11) is 0. The van der Waals surface area contributed by atoms with Crippen LogP contribution in [-0.4, -0.2) is 34.4 Å². The number of nitrogens with zero attached hydrogens (tertiary/aromatic N) is 2. The third-order valence-electron chi connectivity index (χ3n) is 4.03. The van der Waals surface area contributed by atoms with Crippen LogP contribution in [0.5, 0.6) is 0 Å². The summed E-state index contributed by atoms with van der Waals surface area (Å²) in [6.07, 6.45) is 7.63. The number of nitrogens with one attached hydrogen (secondary N) is 4. The molecule has 0 saturated carbocycles. The normalized spacial score (nSPS) is 10.4. The number of hydrogen-bond acceptors (Lipinski definition) is 7. The van der Waals surface area contributed by atoms with Gasteiger partial charge in [0, 0.05) is 30.8 Å². The quantitative estimate of drug-likeness (QED) is 0.169. The van der Waals surface area contributed by atoms with Gasteiger partial charge in [-0.1, -0.05) is 58.0 Å². The molecule has 7 heteroatoms. The first-order valence-electron chi connectivity index (χ1n) is 11.3. The lowest BCUT2D eigenvalue weighted by molar-refractivity contribution is 0.292. The minimum Gasteiger partial charge on any atom is -0.396 e. The first-order chi connectivity index (χ1) is 15.6. The van der Waals surface area contributed by atoms with Gasteiger partial charge in [0.25, 0.3) is 0 Å². The summed E-state index contributed by atoms with van der Waals surface area (Å²) >= 11 is 0. The summed E-state index contributed by atoms with van der Waals surface area (Å²) in [5.41, 5.74) is 3.41. The van der Waals surface area contributed by atoms with Gasteiger partial charge in [-0.25, -0.2) is 0 Å². The number of hydrogen-bond donors (Lipinski definition) is 5. The molecule has 0 spiro atoms. The Morgan fingerprint density at radius 2 is 1.72 bits per heavy atom. The summed E-state index contributed by atoms with van der Waals surface area (Å²) in [6.45, 7) is 14.5. The van der Waals surface area contributed by atoms with Crippen LogP contribution in [0.3, 0.4) is 0 Å². The van der Waals surface area contributed by atoms with E-state index in [2.05, 4.69) is 25.9 Å². The van der Waals surface area contributed by atoms with Crippen molar-refractivity contribution >= 4 is 29.5 Å². The van der Waals surface area contributed by atoms with Crippen LogP contribution < -0.4 is 16.0 Å². The average molecular weight is 441 g/mol. The number of aliphatic hydroxyl groups excluding tert-OH is 1. The van der Waals surface area contributed by atoms with E-state index in [1.807, 2.05) is 91.0 Å². The molecule has 0 aliphatic rings. The second kappa shape index (κ2) is 17.5. The fourth-order valence-electron chi connectivity index (χ4n) is 2.52. The standard InChI is InChI=1S/C21H28N6O.2C2H6/c1-4-9-16(5-2)24-19-17(14-22)20(25-18-11-7-6-10-15(18)3)27-21(26-19)23-12-8-13-28;2*1-2/h4-7,9-11,14,22,28H,8,12-13H2,1-3H3,(H3,23,24,25,26,27);2*1-2H3/b9-4-,16-5+,22-14?;;. The number of aromatic nitrogens is 2. The van der Waals surface area contributed by atoms with Crippen LogP contribution in [0.15, 0.2) is 48.2 Å². The highest BCUT2D eigenvalue weighted by molar-refractivity contribution is 5.93. The molecule has 0 amide bonds. The van der Waals surface area contributed by atoms with Gasteiger partial charge in [-0.05, 0) is 44.9 Å². The first kappa shape index (κ1) is 28.8. The monoisotopic (exact) mass is 440 g/mol. The Bertz CT molecular complexity index is 862. The highest BCUT2D eigenvalue weighted by Crippen LogP contribution is 2.27. The van der Waals surface area contributed by atoms with E-state index in [1.165, 1.54) is 6.21 Å². The largest absolute Gasteiger partial charge is 0.396 e. The molecule has 176 valence electrons. The fourth-order valence-corrected chi connectivity index (χ4v) is 2.52. The summed E-state index contributed by atoms with van der Waals surface area (Å²) in [4.78, 5) is 9.08. The molecule has 0 bridgehead atoms. The summed E-state index contributed by atoms with van der Waals surface area (Å²) in [5, 5.41) is 26.6. The van der Waals surface area contributed by atoms with Gasteiger partial charge in [0.05, 0.1) is 5.56 Å². The Hall–Kier alpha value is -3.19. The zero-order valence-corrected chi connectivity index (χ0v) is 20.6. The van der Waals surface area contributed by atoms with Crippen LogP contribution in [0, 0.1) is 12.3 Å². The fraction of sp³-hybridized carbons (Fsp3) is 0.400. The maximum Gasteiger partial charge on any atom is 0.226 e. The smallest absolute Gasteiger partial charge is 0.226 e. The van der Waals surface area contributed by atoms with Gasteiger partial charge in [0.1, 0.15) is 11.6 Å². The van der Waals surface area contributed by atoms with Crippen molar-refractivity contribution in [1.29, 1.82) is 5.41 Å². The first-order valence-corrected chi connectivity index (χ1v) is 11.3. The van der Waals surface area contributed by atoms with Crippen molar-refractivity contribution in [1.82, 2.24) is 9.97 Å². The molecule has 0 atom stereocenters. The maximum atomic E-state index is 9.02. The van der Waals surface area contributed by atoms with Gasteiger partial charge in [-0.2, -0.15) is 9.97 Å². The van der Waals surface area contributed by atoms with Gasteiger partial charge in [0.2, 0.25) is 5.95 Å². The summed E-state index contributed by atoms with van der Waals surface area (Å²) < 4.78 is 0. The van der Waals surface area contributed by atoms with Gasteiger partial charge in [-0.3, -0.25) is 0 Å². The molecule has 5 N–H and O–H groups in total. The number of rotatable bonds is 10. The Morgan fingerprint density at radius 1 is 1.06 bits per heavy atom. The minimum absolute atomic E-state index is 0.0923. The van der Waals surface area contributed by atoms with Crippen LogP contribution in [0.4, 0.5) is 23.3 Å². The van der Waals surface area contributed by atoms with Crippen molar-refractivity contribution in [2.75, 3.05) is 29.1 Å². The molecule has 7 nitrogen and oxygen atoms in total. The van der Waals surface area contributed by atoms with Crippen LogP contribution in [0.1, 0.15) is 59.1 Å². The van der Waals surface area contributed by atoms with E-state index < -0.39 is 0 Å². The molecule has 0 saturated heterocycles. The van der Waals surface area contributed by atoms with Crippen molar-refractivity contribution in [3.8, 4) is 0 Å². The molecular weight excluding hydrogens is 400 g/mol. The molecule has 0 fully saturated rings. The van der Waals surface area contributed by atoms with Crippen molar-refractivity contribution in [2.45, 2.75) is 54.9 Å². The molecule has 32 heavy (non-hydrogen) atoms. The Morgan fingerprint density at radius 3 is 2.28 bits per heavy atom. The van der Waals surface area contributed by atoms with E-state index in [9.17, 15) is 0 Å². The van der Waals surface area contributed by atoms with Crippen LogP contribution in [0.2, 0.25) is 0 Å². The van der Waals surface area contributed by atoms with Crippen molar-refractivity contribution in [3.63, 3.8) is 0 Å². The lowest BCUT2D eigenvalue weighted by Crippen LogP contribution is -2.13. The summed E-state index contributed by atoms with van der Waals surface area (Å²) in [5.74, 6) is 1.48. The van der Waals surface area contributed by atoms with Crippen molar-refractivity contribution < 1.29 is 5.11 Å². The van der Waals surface area contributed by atoms with E-state index >= 15 is 0 Å². The minimum atomic E-state index is 0.0923. The van der Waals surface area contributed by atoms with E-state index in [4.69, 9.17) is 10.5 Å². The molecule has 0 radical (unpaired) electrons. The van der Waals surface area contributed by atoms with Gasteiger partial charge >= 0.3 is 0 Å². The van der Waals surface area contributed by atoms with Crippen LogP contribution in [0.25, 0.3) is 0 Å². The van der Waals surface area contributed by atoms with Crippen molar-refractivity contribution in [3.05, 3.63) is 59.3 Å². The van der Waals surface area contributed by atoms with Crippen LogP contribution >= 0.6 is 0 Å². The second-order valence-corrected chi connectivity index (χ2v) is 6.12. The lowest BCUT2D eigenvalue weighted by atomic mass is 10.2. The molecule has 0 aliphatic heterocycles. The SMILES string of the molecule is C/C=C\C(=C/C)Nc1nc(NCCCO)nc(Nc2ccccc2C)c1C=N.CC.CC. The summed E-state index contributed by atoms with van der Waals surface area (Å²) in [6, 6.07) is 7.90. The molecule has 2 aromatic rings. The van der Waals surface area contributed by atoms with Crippen molar-refractivity contribution in [2.24, 2.45) is 0 Å². The molecule has 0 unspecified atom stereocenters. The van der Waals surface area contributed by atoms with E-state index in [1.54, 1.807) is 0 Å². The van der Waals surface area contributed by atoms with E-state index in [-0.39, 0.29) is 6.61 Å². The van der Waals surface area contributed by atoms with E-state index in [0.29, 0.717) is 36.1 Å². The molecular formula is C25H40N6O. The highest BCUT2D eigenvalue weighted by atomic mass is 16.3. The molecule has 1 aromatic heterocycles. The van der Waals surface area contributed by atoms with Gasteiger partial charge < -0.3 is 26.5 Å². The number of anilines is 4. The molecule has 1 heterocycles. The molecule has 2 rings (SSSR count).